The van der Waals surface area contributed by atoms with Crippen LogP contribution in [0.2, 0.25) is 0 Å². The molecule has 0 saturated carbocycles. The molecule has 2 aliphatic heterocycles. The van der Waals surface area contributed by atoms with E-state index in [4.69, 9.17) is 14.2 Å². The van der Waals surface area contributed by atoms with Gasteiger partial charge in [-0.05, 0) is 14.0 Å². The predicted octanol–water partition coefficient (Wildman–Crippen LogP) is -3.93. The highest BCUT2D eigenvalue weighted by molar-refractivity contribution is 5.65. The minimum absolute atomic E-state index is 0.213. The van der Waals surface area contributed by atoms with Crippen molar-refractivity contribution >= 4 is 6.29 Å². The Morgan fingerprint density at radius 3 is 2.43 bits per heavy atom. The molecule has 9 atom stereocenters. The highest BCUT2D eigenvalue weighted by atomic mass is 16.7. The molecule has 0 aromatic carbocycles. The van der Waals surface area contributed by atoms with Crippen molar-refractivity contribution < 1.29 is 44.5 Å². The largest absolute Gasteiger partial charge is 0.394 e. The van der Waals surface area contributed by atoms with Crippen LogP contribution in [-0.2, 0) is 19.0 Å². The van der Waals surface area contributed by atoms with Gasteiger partial charge >= 0.3 is 0 Å². The lowest BCUT2D eigenvalue weighted by Crippen LogP contribution is -2.65. The maximum absolute atomic E-state index is 11.2. The summed E-state index contributed by atoms with van der Waals surface area (Å²) >= 11 is 0. The Morgan fingerprint density at radius 1 is 1.26 bits per heavy atom. The Bertz CT molecular complexity index is 424. The monoisotopic (exact) mass is 337 g/mol. The van der Waals surface area contributed by atoms with E-state index in [0.29, 0.717) is 0 Å². The number of aldehydes is 1. The number of carbonyl (C=O) groups excluding carboxylic acids is 1. The molecule has 23 heavy (non-hydrogen) atoms. The fourth-order valence-corrected chi connectivity index (χ4v) is 2.84. The Balaban J connectivity index is 2.20. The summed E-state index contributed by atoms with van der Waals surface area (Å²) in [5.41, 5.74) is -2.10. The summed E-state index contributed by atoms with van der Waals surface area (Å²) in [6, 6.07) is -0.924. The third-order valence-corrected chi connectivity index (χ3v) is 4.39. The van der Waals surface area contributed by atoms with Crippen LogP contribution in [0.15, 0.2) is 0 Å². The van der Waals surface area contributed by atoms with Crippen molar-refractivity contribution in [2.45, 2.75) is 61.7 Å². The van der Waals surface area contributed by atoms with Crippen molar-refractivity contribution in [1.29, 1.82) is 0 Å². The summed E-state index contributed by atoms with van der Waals surface area (Å²) < 4.78 is 15.8. The fraction of sp³-hybridized carbons (Fsp3) is 0.923. The summed E-state index contributed by atoms with van der Waals surface area (Å²) in [6.07, 6.45) is -8.92. The average molecular weight is 337 g/mol. The average Bonchev–Trinajstić information content (AvgIpc) is 2.74. The van der Waals surface area contributed by atoms with E-state index in [1.165, 1.54) is 14.0 Å². The van der Waals surface area contributed by atoms with E-state index in [1.807, 2.05) is 0 Å². The normalized spacial score (nSPS) is 50.9. The molecule has 9 unspecified atom stereocenters. The van der Waals surface area contributed by atoms with Crippen molar-refractivity contribution in [3.63, 3.8) is 0 Å². The van der Waals surface area contributed by atoms with Gasteiger partial charge in [-0.25, -0.2) is 0 Å². The molecule has 0 radical (unpaired) electrons. The zero-order chi connectivity index (χ0) is 17.4. The molecule has 0 aromatic heterocycles. The van der Waals surface area contributed by atoms with Gasteiger partial charge in [0.15, 0.2) is 24.5 Å². The van der Waals surface area contributed by atoms with Gasteiger partial charge in [-0.2, -0.15) is 0 Å². The number of nitrogens with one attached hydrogen (secondary N) is 1. The number of aliphatic hydroxyl groups excluding tert-OH is 4. The van der Waals surface area contributed by atoms with Gasteiger partial charge in [0.05, 0.1) is 18.8 Å². The number of likely N-dealkylation sites (N-methyl/N-ethyl adjacent to an activating group) is 1. The van der Waals surface area contributed by atoms with Crippen LogP contribution in [0.5, 0.6) is 0 Å². The minimum atomic E-state index is -2.10. The topological polar surface area (TPSA) is 158 Å². The number of aliphatic hydroxyl groups is 5. The van der Waals surface area contributed by atoms with Gasteiger partial charge < -0.3 is 45.1 Å². The molecule has 2 rings (SSSR count). The van der Waals surface area contributed by atoms with E-state index in [0.717, 1.165) is 0 Å². The molecule has 2 heterocycles. The van der Waals surface area contributed by atoms with E-state index in [9.17, 15) is 30.3 Å². The molecule has 134 valence electrons. The van der Waals surface area contributed by atoms with Gasteiger partial charge in [0, 0.05) is 0 Å². The third-order valence-electron chi connectivity index (χ3n) is 4.39. The Labute approximate surface area is 132 Å². The smallest absolute Gasteiger partial charge is 0.185 e. The Hall–Kier alpha value is -0.690. The zero-order valence-electron chi connectivity index (χ0n) is 12.8. The molecule has 0 spiro atoms. The van der Waals surface area contributed by atoms with Crippen LogP contribution in [0.3, 0.4) is 0 Å². The lowest BCUT2D eigenvalue weighted by molar-refractivity contribution is -0.302. The number of hydrogen-bond acceptors (Lipinski definition) is 10. The predicted molar refractivity (Wildman–Crippen MR) is 73.0 cm³/mol. The molecule has 6 N–H and O–H groups in total. The van der Waals surface area contributed by atoms with E-state index in [2.05, 4.69) is 5.32 Å². The molecule has 10 nitrogen and oxygen atoms in total. The lowest BCUT2D eigenvalue weighted by Gasteiger charge is -2.43. The summed E-state index contributed by atoms with van der Waals surface area (Å²) in [5.74, 6) is 0. The van der Waals surface area contributed by atoms with Gasteiger partial charge in [-0.15, -0.1) is 0 Å². The minimum Gasteiger partial charge on any atom is -0.394 e. The molecular weight excluding hydrogens is 314 g/mol. The summed E-state index contributed by atoms with van der Waals surface area (Å²) in [5, 5.41) is 52.0. The van der Waals surface area contributed by atoms with Crippen LogP contribution in [0, 0.1) is 0 Å². The number of hydrogen-bond donors (Lipinski definition) is 6. The van der Waals surface area contributed by atoms with E-state index < -0.39 is 61.3 Å². The summed E-state index contributed by atoms with van der Waals surface area (Å²) in [4.78, 5) is 11.2. The van der Waals surface area contributed by atoms with Gasteiger partial charge in [0.2, 0.25) is 0 Å². The van der Waals surface area contributed by atoms with Crippen LogP contribution in [0.4, 0.5) is 0 Å². The van der Waals surface area contributed by atoms with E-state index >= 15 is 0 Å². The molecule has 0 bridgehead atoms. The zero-order valence-corrected chi connectivity index (χ0v) is 12.8. The molecule has 2 aliphatic rings. The first-order valence-electron chi connectivity index (χ1n) is 7.27. The second-order valence-corrected chi connectivity index (χ2v) is 5.75. The Morgan fingerprint density at radius 2 is 1.91 bits per heavy atom. The van der Waals surface area contributed by atoms with Gasteiger partial charge in [-0.3, -0.25) is 4.79 Å². The molecular formula is C13H23NO9. The number of rotatable bonds is 5. The molecule has 2 saturated heterocycles. The van der Waals surface area contributed by atoms with Gasteiger partial charge in [-0.1, -0.05) is 0 Å². The summed E-state index contributed by atoms with van der Waals surface area (Å²) in [7, 11) is 1.48. The SMILES string of the molecule is CNC1C(OC2C(O)OC(C)C2(O)C=O)OC(CO)C(O)C1O. The van der Waals surface area contributed by atoms with Crippen LogP contribution >= 0.6 is 0 Å². The second kappa shape index (κ2) is 7.05. The fourth-order valence-electron chi connectivity index (χ4n) is 2.84. The standard InChI is InChI=1S/C13H23NO9/c1-5-13(20,4-16)10(11(19)21-5)23-12-7(14-2)9(18)8(17)6(3-15)22-12/h4-12,14-15,17-20H,3H2,1-2H3. The quantitative estimate of drug-likeness (QED) is 0.274. The highest BCUT2D eigenvalue weighted by Crippen LogP contribution is 2.33. The number of carbonyl (C=O) groups is 1. The van der Waals surface area contributed by atoms with Crippen molar-refractivity contribution in [2.75, 3.05) is 13.7 Å². The molecule has 0 amide bonds. The summed E-state index contributed by atoms with van der Waals surface area (Å²) in [6.45, 7) is 0.819. The molecule has 0 aromatic rings. The van der Waals surface area contributed by atoms with Crippen LogP contribution in [-0.4, -0.2) is 100 Å². The van der Waals surface area contributed by atoms with E-state index in [1.54, 1.807) is 0 Å². The first kappa shape index (κ1) is 18.6. The first-order chi connectivity index (χ1) is 10.8. The van der Waals surface area contributed by atoms with E-state index in [-0.39, 0.29) is 6.29 Å². The molecule has 0 aliphatic carbocycles. The van der Waals surface area contributed by atoms with Crippen molar-refractivity contribution in [2.24, 2.45) is 0 Å². The molecule has 10 heteroatoms. The van der Waals surface area contributed by atoms with Crippen LogP contribution < -0.4 is 5.32 Å². The van der Waals surface area contributed by atoms with Crippen molar-refractivity contribution in [3.8, 4) is 0 Å². The maximum Gasteiger partial charge on any atom is 0.185 e. The third kappa shape index (κ3) is 3.14. The van der Waals surface area contributed by atoms with Crippen LogP contribution in [0.25, 0.3) is 0 Å². The Kier molecular flexibility index (Phi) is 5.72. The van der Waals surface area contributed by atoms with Crippen molar-refractivity contribution in [3.05, 3.63) is 0 Å². The van der Waals surface area contributed by atoms with Crippen LogP contribution in [0.1, 0.15) is 6.92 Å². The first-order valence-corrected chi connectivity index (χ1v) is 7.27. The maximum atomic E-state index is 11.2. The van der Waals surface area contributed by atoms with Crippen molar-refractivity contribution in [1.82, 2.24) is 5.32 Å². The highest BCUT2D eigenvalue weighted by Gasteiger charge is 2.57. The lowest BCUT2D eigenvalue weighted by atomic mass is 9.94. The van der Waals surface area contributed by atoms with Gasteiger partial charge in [0.25, 0.3) is 0 Å². The molecule has 2 fully saturated rings. The second-order valence-electron chi connectivity index (χ2n) is 5.75. The number of ether oxygens (including phenoxy) is 3. The van der Waals surface area contributed by atoms with Gasteiger partial charge in [0.1, 0.15) is 24.4 Å².